The molecule has 3 aromatic heterocycles. The van der Waals surface area contributed by atoms with Crippen LogP contribution in [-0.4, -0.2) is 30.6 Å². The van der Waals surface area contributed by atoms with Gasteiger partial charge in [-0.2, -0.15) is 10.4 Å². The number of nitriles is 1. The predicted molar refractivity (Wildman–Crippen MR) is 115 cm³/mol. The minimum atomic E-state index is -1.03. The maximum atomic E-state index is 14.5. The average molecular weight is 463 g/mol. The summed E-state index contributed by atoms with van der Waals surface area (Å²) in [4.78, 5) is 25.3. The molecule has 0 unspecified atom stereocenters. The number of nitrogens with zero attached hydrogens (tertiary/aromatic N) is 6. The summed E-state index contributed by atoms with van der Waals surface area (Å²) in [6.45, 7) is 4.57. The quantitative estimate of drug-likeness (QED) is 0.496. The van der Waals surface area contributed by atoms with Crippen molar-refractivity contribution >= 4 is 22.8 Å². The van der Waals surface area contributed by atoms with Gasteiger partial charge in [-0.3, -0.25) is 4.79 Å². The molecule has 0 saturated heterocycles. The number of aryl methyl sites for hydroxylation is 1. The standard InChI is InChI=1S/C23H16F3N7O/c1-10-14(25)7-12-18(20-29-15(8-27)16-19(30-20)31-22(34)23(16,2)3)32-33(21(12)28-10)9-11-5-4-6-13(24)17(11)26/h4-7H,9H2,1-3H3,(H,29,30,31,34). The predicted octanol–water partition coefficient (Wildman–Crippen LogP) is 3.76. The molecule has 0 aliphatic carbocycles. The van der Waals surface area contributed by atoms with Gasteiger partial charge in [0.2, 0.25) is 5.91 Å². The summed E-state index contributed by atoms with van der Waals surface area (Å²) < 4.78 is 43.8. The largest absolute Gasteiger partial charge is 0.310 e. The van der Waals surface area contributed by atoms with E-state index in [1.54, 1.807) is 13.8 Å². The molecule has 11 heteroatoms. The highest BCUT2D eigenvalue weighted by molar-refractivity contribution is 6.05. The zero-order valence-corrected chi connectivity index (χ0v) is 18.2. The molecule has 4 heterocycles. The molecule has 0 saturated carbocycles. The number of fused-ring (bicyclic) bond motifs is 2. The lowest BCUT2D eigenvalue weighted by Crippen LogP contribution is -2.27. The molecule has 5 rings (SSSR count). The lowest BCUT2D eigenvalue weighted by atomic mass is 9.86. The van der Waals surface area contributed by atoms with Gasteiger partial charge in [-0.1, -0.05) is 12.1 Å². The third-order valence-electron chi connectivity index (χ3n) is 5.85. The molecule has 170 valence electrons. The Kier molecular flexibility index (Phi) is 4.65. The molecule has 0 bridgehead atoms. The number of pyridine rings is 1. The lowest BCUT2D eigenvalue weighted by molar-refractivity contribution is -0.119. The molecule has 4 aromatic rings. The van der Waals surface area contributed by atoms with Crippen molar-refractivity contribution in [3.63, 3.8) is 0 Å². The Labute approximate surface area is 191 Å². The summed E-state index contributed by atoms with van der Waals surface area (Å²) in [6, 6.07) is 6.95. The first-order valence-electron chi connectivity index (χ1n) is 10.2. The van der Waals surface area contributed by atoms with Crippen molar-refractivity contribution in [3.8, 4) is 17.6 Å². The van der Waals surface area contributed by atoms with Crippen LogP contribution in [0.2, 0.25) is 0 Å². The number of anilines is 1. The van der Waals surface area contributed by atoms with Crippen molar-refractivity contribution in [2.24, 2.45) is 0 Å². The molecule has 0 atom stereocenters. The number of halogens is 3. The second-order valence-electron chi connectivity index (χ2n) is 8.46. The van der Waals surface area contributed by atoms with Crippen LogP contribution in [0.5, 0.6) is 0 Å². The van der Waals surface area contributed by atoms with Crippen molar-refractivity contribution in [1.82, 2.24) is 24.7 Å². The molecule has 1 amide bonds. The van der Waals surface area contributed by atoms with Gasteiger partial charge in [0.1, 0.15) is 23.4 Å². The van der Waals surface area contributed by atoms with Gasteiger partial charge in [0, 0.05) is 11.1 Å². The Morgan fingerprint density at radius 1 is 1.15 bits per heavy atom. The van der Waals surface area contributed by atoms with Crippen LogP contribution in [-0.2, 0) is 16.8 Å². The third-order valence-corrected chi connectivity index (χ3v) is 5.85. The van der Waals surface area contributed by atoms with E-state index in [1.807, 2.05) is 6.07 Å². The summed E-state index contributed by atoms with van der Waals surface area (Å²) in [7, 11) is 0. The van der Waals surface area contributed by atoms with Gasteiger partial charge in [0.15, 0.2) is 28.8 Å². The van der Waals surface area contributed by atoms with E-state index in [0.29, 0.717) is 5.56 Å². The van der Waals surface area contributed by atoms with Crippen LogP contribution in [0.15, 0.2) is 24.3 Å². The maximum absolute atomic E-state index is 14.5. The zero-order valence-electron chi connectivity index (χ0n) is 18.2. The highest BCUT2D eigenvalue weighted by Gasteiger charge is 2.43. The Morgan fingerprint density at radius 2 is 1.91 bits per heavy atom. The first-order valence-corrected chi connectivity index (χ1v) is 10.2. The fourth-order valence-electron chi connectivity index (χ4n) is 3.98. The van der Waals surface area contributed by atoms with Gasteiger partial charge in [-0.25, -0.2) is 32.8 Å². The van der Waals surface area contributed by atoms with Gasteiger partial charge in [-0.05, 0) is 32.9 Å². The number of nitrogens with one attached hydrogen (secondary N) is 1. The minimum Gasteiger partial charge on any atom is -0.310 e. The Morgan fingerprint density at radius 3 is 2.65 bits per heavy atom. The normalized spacial score (nSPS) is 14.2. The summed E-state index contributed by atoms with van der Waals surface area (Å²) in [5, 5.41) is 17.0. The van der Waals surface area contributed by atoms with E-state index in [1.165, 1.54) is 29.8 Å². The average Bonchev–Trinajstić information content (AvgIpc) is 3.24. The van der Waals surface area contributed by atoms with Crippen molar-refractivity contribution < 1.29 is 18.0 Å². The monoisotopic (exact) mass is 463 g/mol. The highest BCUT2D eigenvalue weighted by Crippen LogP contribution is 2.39. The van der Waals surface area contributed by atoms with Gasteiger partial charge >= 0.3 is 0 Å². The second-order valence-corrected chi connectivity index (χ2v) is 8.46. The number of carbonyl (C=O) groups excluding carboxylic acids is 1. The summed E-state index contributed by atoms with van der Waals surface area (Å²) in [6.07, 6.45) is 0. The number of hydrogen-bond acceptors (Lipinski definition) is 6. The number of benzene rings is 1. The van der Waals surface area contributed by atoms with Crippen molar-refractivity contribution in [3.05, 3.63) is 64.2 Å². The smallest absolute Gasteiger partial charge is 0.235 e. The molecule has 0 fully saturated rings. The van der Waals surface area contributed by atoms with Gasteiger partial charge < -0.3 is 5.32 Å². The molecule has 1 aliphatic heterocycles. The molecule has 0 spiro atoms. The lowest BCUT2D eigenvalue weighted by Gasteiger charge is -2.15. The third kappa shape index (κ3) is 3.10. The van der Waals surface area contributed by atoms with E-state index in [4.69, 9.17) is 0 Å². The topological polar surface area (TPSA) is 109 Å². The van der Waals surface area contributed by atoms with Crippen LogP contribution < -0.4 is 5.32 Å². The van der Waals surface area contributed by atoms with Gasteiger partial charge in [-0.15, -0.1) is 0 Å². The SMILES string of the molecule is Cc1nc2c(cc1F)c(-c1nc(C#N)c3c(n1)NC(=O)C3(C)C)nn2Cc1cccc(F)c1F. The molecule has 1 aromatic carbocycles. The van der Waals surface area contributed by atoms with E-state index in [9.17, 15) is 23.2 Å². The molecule has 1 aliphatic rings. The number of hydrogen-bond donors (Lipinski definition) is 1. The number of amides is 1. The Balaban J connectivity index is 1.74. The Hall–Kier alpha value is -4.33. The Bertz CT molecular complexity index is 1570. The van der Waals surface area contributed by atoms with Gasteiger partial charge in [0.05, 0.1) is 23.0 Å². The van der Waals surface area contributed by atoms with Crippen molar-refractivity contribution in [2.75, 3.05) is 5.32 Å². The van der Waals surface area contributed by atoms with E-state index in [0.717, 1.165) is 6.07 Å². The fraction of sp³-hybridized carbons (Fsp3) is 0.217. The number of rotatable bonds is 3. The highest BCUT2D eigenvalue weighted by atomic mass is 19.2. The van der Waals surface area contributed by atoms with E-state index >= 15 is 0 Å². The molecule has 1 N–H and O–H groups in total. The van der Waals surface area contributed by atoms with Crippen LogP contribution in [0.3, 0.4) is 0 Å². The zero-order chi connectivity index (χ0) is 24.4. The van der Waals surface area contributed by atoms with Crippen LogP contribution >= 0.6 is 0 Å². The summed E-state index contributed by atoms with van der Waals surface area (Å²) in [5.41, 5.74) is -0.305. The first kappa shape index (κ1) is 21.5. The van der Waals surface area contributed by atoms with E-state index in [2.05, 4.69) is 25.4 Å². The van der Waals surface area contributed by atoms with Crippen LogP contribution in [0.4, 0.5) is 19.0 Å². The van der Waals surface area contributed by atoms with Crippen molar-refractivity contribution in [1.29, 1.82) is 5.26 Å². The second kappa shape index (κ2) is 7.34. The fourth-order valence-corrected chi connectivity index (χ4v) is 3.98. The maximum Gasteiger partial charge on any atom is 0.235 e. The first-order chi connectivity index (χ1) is 16.1. The molecule has 8 nitrogen and oxygen atoms in total. The van der Waals surface area contributed by atoms with Crippen LogP contribution in [0.1, 0.15) is 36.4 Å². The number of carbonyl (C=O) groups is 1. The number of aromatic nitrogens is 5. The molecule has 34 heavy (non-hydrogen) atoms. The molecule has 0 radical (unpaired) electrons. The van der Waals surface area contributed by atoms with Crippen LogP contribution in [0, 0.1) is 35.7 Å². The minimum absolute atomic E-state index is 0.0151. The summed E-state index contributed by atoms with van der Waals surface area (Å²) >= 11 is 0. The van der Waals surface area contributed by atoms with Gasteiger partial charge in [0.25, 0.3) is 0 Å². The van der Waals surface area contributed by atoms with Crippen molar-refractivity contribution in [2.45, 2.75) is 32.7 Å². The molecular weight excluding hydrogens is 447 g/mol. The van der Waals surface area contributed by atoms with E-state index < -0.39 is 22.9 Å². The van der Waals surface area contributed by atoms with Crippen LogP contribution in [0.25, 0.3) is 22.6 Å². The van der Waals surface area contributed by atoms with E-state index in [-0.39, 0.29) is 57.8 Å². The molecular formula is C23H16F3N7O. The summed E-state index contributed by atoms with van der Waals surface area (Å²) in [5.74, 6) is -2.87.